The third-order valence-corrected chi connectivity index (χ3v) is 3.27. The van der Waals surface area contributed by atoms with Gasteiger partial charge in [-0.25, -0.2) is 0 Å². The zero-order chi connectivity index (χ0) is 12.6. The molecule has 1 unspecified atom stereocenters. The molecular formula is C15H23N3. The molecule has 0 amide bonds. The predicted molar refractivity (Wildman–Crippen MR) is 76.1 cm³/mol. The van der Waals surface area contributed by atoms with Crippen LogP contribution in [0.3, 0.4) is 0 Å². The van der Waals surface area contributed by atoms with Crippen LogP contribution in [-0.2, 0) is 6.54 Å². The monoisotopic (exact) mass is 245 g/mol. The SMILES string of the molecule is C/C=C(/NCc1ccccc1)NC1CCCNC1. The topological polar surface area (TPSA) is 36.1 Å². The molecule has 0 spiro atoms. The van der Waals surface area contributed by atoms with Crippen LogP contribution in [0.1, 0.15) is 25.3 Å². The minimum absolute atomic E-state index is 0.549. The lowest BCUT2D eigenvalue weighted by molar-refractivity contribution is 0.404. The maximum atomic E-state index is 3.56. The van der Waals surface area contributed by atoms with Crippen molar-refractivity contribution in [3.8, 4) is 0 Å². The van der Waals surface area contributed by atoms with Crippen LogP contribution in [0.2, 0.25) is 0 Å². The van der Waals surface area contributed by atoms with Crippen LogP contribution in [0.4, 0.5) is 0 Å². The van der Waals surface area contributed by atoms with Gasteiger partial charge in [0.2, 0.25) is 0 Å². The molecule has 3 heteroatoms. The Morgan fingerprint density at radius 1 is 1.39 bits per heavy atom. The van der Waals surface area contributed by atoms with E-state index in [1.165, 1.54) is 18.4 Å². The highest BCUT2D eigenvalue weighted by atomic mass is 15.1. The highest BCUT2D eigenvalue weighted by molar-refractivity contribution is 5.15. The highest BCUT2D eigenvalue weighted by Gasteiger charge is 2.12. The second kappa shape index (κ2) is 7.07. The van der Waals surface area contributed by atoms with Gasteiger partial charge in [0.05, 0.1) is 5.82 Å². The van der Waals surface area contributed by atoms with Gasteiger partial charge >= 0.3 is 0 Å². The number of nitrogens with one attached hydrogen (secondary N) is 3. The lowest BCUT2D eigenvalue weighted by Gasteiger charge is -2.26. The highest BCUT2D eigenvalue weighted by Crippen LogP contribution is 2.04. The Hall–Kier alpha value is -1.48. The predicted octanol–water partition coefficient (Wildman–Crippen LogP) is 1.98. The number of rotatable bonds is 5. The zero-order valence-electron chi connectivity index (χ0n) is 11.1. The largest absolute Gasteiger partial charge is 0.368 e. The van der Waals surface area contributed by atoms with Gasteiger partial charge in [-0.15, -0.1) is 0 Å². The Labute approximate surface area is 110 Å². The number of benzene rings is 1. The van der Waals surface area contributed by atoms with E-state index in [1.54, 1.807) is 0 Å². The molecule has 1 aliphatic rings. The Balaban J connectivity index is 1.79. The lowest BCUT2D eigenvalue weighted by atomic mass is 10.1. The average Bonchev–Trinajstić information content (AvgIpc) is 2.45. The van der Waals surface area contributed by atoms with Crippen LogP contribution >= 0.6 is 0 Å². The summed E-state index contributed by atoms with van der Waals surface area (Å²) < 4.78 is 0. The van der Waals surface area contributed by atoms with Crippen LogP contribution in [0.5, 0.6) is 0 Å². The summed E-state index contributed by atoms with van der Waals surface area (Å²) in [4.78, 5) is 0. The normalized spacial score (nSPS) is 20.5. The fraction of sp³-hybridized carbons (Fsp3) is 0.467. The van der Waals surface area contributed by atoms with Crippen molar-refractivity contribution < 1.29 is 0 Å². The molecule has 3 N–H and O–H groups in total. The summed E-state index contributed by atoms with van der Waals surface area (Å²) in [6.07, 6.45) is 4.61. The Morgan fingerprint density at radius 3 is 2.89 bits per heavy atom. The van der Waals surface area contributed by atoms with Crippen molar-refractivity contribution in [1.82, 2.24) is 16.0 Å². The molecule has 3 nitrogen and oxygen atoms in total. The number of allylic oxidation sites excluding steroid dienone is 1. The molecule has 98 valence electrons. The van der Waals surface area contributed by atoms with E-state index in [-0.39, 0.29) is 0 Å². The second-order valence-corrected chi connectivity index (χ2v) is 4.73. The minimum Gasteiger partial charge on any atom is -0.368 e. The third kappa shape index (κ3) is 4.08. The molecule has 1 saturated heterocycles. The summed E-state index contributed by atoms with van der Waals surface area (Å²) in [5.41, 5.74) is 1.31. The van der Waals surface area contributed by atoms with Crippen LogP contribution in [0.15, 0.2) is 42.2 Å². The van der Waals surface area contributed by atoms with E-state index in [1.807, 2.05) is 6.07 Å². The summed E-state index contributed by atoms with van der Waals surface area (Å²) >= 11 is 0. The summed E-state index contributed by atoms with van der Waals surface area (Å²) in [7, 11) is 0. The van der Waals surface area contributed by atoms with Crippen molar-refractivity contribution in [3.63, 3.8) is 0 Å². The average molecular weight is 245 g/mol. The van der Waals surface area contributed by atoms with Gasteiger partial charge in [-0.3, -0.25) is 0 Å². The van der Waals surface area contributed by atoms with E-state index in [0.717, 1.165) is 25.5 Å². The molecule has 1 fully saturated rings. The Morgan fingerprint density at radius 2 is 2.22 bits per heavy atom. The zero-order valence-corrected chi connectivity index (χ0v) is 11.1. The van der Waals surface area contributed by atoms with Crippen LogP contribution in [0.25, 0.3) is 0 Å². The molecular weight excluding hydrogens is 222 g/mol. The molecule has 1 aromatic carbocycles. The standard InChI is InChI=1S/C15H23N3/c1-2-15(18-14-9-6-10-16-12-14)17-11-13-7-4-3-5-8-13/h2-5,7-8,14,16-18H,6,9-12H2,1H3/b15-2-. The van der Waals surface area contributed by atoms with Gasteiger partial charge < -0.3 is 16.0 Å². The fourth-order valence-corrected chi connectivity index (χ4v) is 2.22. The molecule has 2 rings (SSSR count). The molecule has 0 aliphatic carbocycles. The molecule has 0 bridgehead atoms. The van der Waals surface area contributed by atoms with E-state index in [0.29, 0.717) is 6.04 Å². The maximum Gasteiger partial charge on any atom is 0.0947 e. The van der Waals surface area contributed by atoms with E-state index in [9.17, 15) is 0 Å². The number of hydrogen-bond acceptors (Lipinski definition) is 3. The molecule has 1 atom stereocenters. The lowest BCUT2D eigenvalue weighted by Crippen LogP contribution is -2.44. The van der Waals surface area contributed by atoms with E-state index < -0.39 is 0 Å². The van der Waals surface area contributed by atoms with E-state index in [2.05, 4.69) is 53.2 Å². The second-order valence-electron chi connectivity index (χ2n) is 4.73. The van der Waals surface area contributed by atoms with Crippen LogP contribution in [-0.4, -0.2) is 19.1 Å². The van der Waals surface area contributed by atoms with Crippen LogP contribution in [0, 0.1) is 0 Å². The molecule has 1 heterocycles. The van der Waals surface area contributed by atoms with E-state index >= 15 is 0 Å². The number of piperidine rings is 1. The van der Waals surface area contributed by atoms with Crippen molar-refractivity contribution in [2.24, 2.45) is 0 Å². The first-order valence-electron chi connectivity index (χ1n) is 6.80. The first kappa shape index (κ1) is 13.0. The van der Waals surface area contributed by atoms with Gasteiger partial charge in [0.1, 0.15) is 0 Å². The Bertz CT molecular complexity index is 367. The van der Waals surface area contributed by atoms with Crippen molar-refractivity contribution in [3.05, 3.63) is 47.8 Å². The van der Waals surface area contributed by atoms with Crippen molar-refractivity contribution in [1.29, 1.82) is 0 Å². The van der Waals surface area contributed by atoms with Gasteiger partial charge in [0.15, 0.2) is 0 Å². The summed E-state index contributed by atoms with van der Waals surface area (Å²) in [5, 5.41) is 10.4. The summed E-state index contributed by atoms with van der Waals surface area (Å²) in [6.45, 7) is 5.15. The van der Waals surface area contributed by atoms with Crippen molar-refractivity contribution in [2.75, 3.05) is 13.1 Å². The quantitative estimate of drug-likeness (QED) is 0.742. The molecule has 0 radical (unpaired) electrons. The van der Waals surface area contributed by atoms with Gasteiger partial charge in [-0.1, -0.05) is 30.3 Å². The molecule has 18 heavy (non-hydrogen) atoms. The molecule has 0 aromatic heterocycles. The molecule has 1 aliphatic heterocycles. The van der Waals surface area contributed by atoms with Gasteiger partial charge in [0.25, 0.3) is 0 Å². The smallest absolute Gasteiger partial charge is 0.0947 e. The van der Waals surface area contributed by atoms with Gasteiger partial charge in [-0.05, 0) is 37.9 Å². The minimum atomic E-state index is 0.549. The fourth-order valence-electron chi connectivity index (χ4n) is 2.22. The van der Waals surface area contributed by atoms with E-state index in [4.69, 9.17) is 0 Å². The summed E-state index contributed by atoms with van der Waals surface area (Å²) in [6, 6.07) is 11.0. The molecule has 0 saturated carbocycles. The first-order valence-corrected chi connectivity index (χ1v) is 6.80. The van der Waals surface area contributed by atoms with Gasteiger partial charge in [0, 0.05) is 19.1 Å². The van der Waals surface area contributed by atoms with Crippen molar-refractivity contribution in [2.45, 2.75) is 32.4 Å². The maximum absolute atomic E-state index is 3.56. The molecule has 1 aromatic rings. The van der Waals surface area contributed by atoms with Crippen LogP contribution < -0.4 is 16.0 Å². The van der Waals surface area contributed by atoms with Crippen molar-refractivity contribution >= 4 is 0 Å². The number of hydrogen-bond donors (Lipinski definition) is 3. The third-order valence-electron chi connectivity index (χ3n) is 3.27. The summed E-state index contributed by atoms with van der Waals surface area (Å²) in [5.74, 6) is 1.13. The first-order chi connectivity index (χ1) is 8.88. The Kier molecular flexibility index (Phi) is 5.09. The van der Waals surface area contributed by atoms with Gasteiger partial charge in [-0.2, -0.15) is 0 Å².